The van der Waals surface area contributed by atoms with Gasteiger partial charge in [0.1, 0.15) is 5.76 Å². The molecule has 2 aromatic rings. The summed E-state index contributed by atoms with van der Waals surface area (Å²) in [5.41, 5.74) is 1.49. The summed E-state index contributed by atoms with van der Waals surface area (Å²) in [5.74, 6) is -0.874. The Bertz CT molecular complexity index is 788. The number of fused-ring (bicyclic) bond motifs is 1. The molecule has 1 amide bonds. The monoisotopic (exact) mass is 328 g/mol. The lowest BCUT2D eigenvalue weighted by Gasteiger charge is -2.34. The molecule has 6 heteroatoms. The van der Waals surface area contributed by atoms with Gasteiger partial charge < -0.3 is 14.5 Å². The number of carbonyl (C=O) groups excluding carboxylic acids is 1. The topological polar surface area (TPSA) is 83.6 Å². The Labute approximate surface area is 140 Å². The second-order valence-electron chi connectivity index (χ2n) is 7.01. The summed E-state index contributed by atoms with van der Waals surface area (Å²) >= 11 is 0. The van der Waals surface area contributed by atoms with Crippen LogP contribution in [-0.2, 0) is 16.6 Å². The summed E-state index contributed by atoms with van der Waals surface area (Å²) in [6.45, 7) is 6.21. The van der Waals surface area contributed by atoms with Gasteiger partial charge >= 0.3 is 5.97 Å². The maximum atomic E-state index is 12.8. The van der Waals surface area contributed by atoms with Crippen molar-refractivity contribution in [2.45, 2.75) is 38.6 Å². The van der Waals surface area contributed by atoms with Crippen LogP contribution in [0.1, 0.15) is 54.2 Å². The molecule has 0 radical (unpaired) electrons. The van der Waals surface area contributed by atoms with Crippen LogP contribution in [0.3, 0.4) is 0 Å². The van der Waals surface area contributed by atoms with Gasteiger partial charge in [0.15, 0.2) is 11.7 Å². The highest BCUT2D eigenvalue weighted by Crippen LogP contribution is 2.31. The smallest absolute Gasteiger partial charge is 0.331 e. The number of nitrogens with zero attached hydrogens (tertiary/aromatic N) is 2. The normalized spacial score (nSPS) is 17.5. The van der Waals surface area contributed by atoms with Crippen molar-refractivity contribution in [2.75, 3.05) is 6.54 Å². The summed E-state index contributed by atoms with van der Waals surface area (Å²) < 4.78 is 5.26. The zero-order valence-electron chi connectivity index (χ0n) is 13.9. The Balaban J connectivity index is 1.95. The van der Waals surface area contributed by atoms with Gasteiger partial charge in [-0.1, -0.05) is 50.2 Å². The highest BCUT2D eigenvalue weighted by Gasteiger charge is 2.37. The van der Waals surface area contributed by atoms with Gasteiger partial charge in [-0.3, -0.25) is 4.79 Å². The van der Waals surface area contributed by atoms with E-state index in [1.165, 1.54) is 4.90 Å². The van der Waals surface area contributed by atoms with Gasteiger partial charge in [0, 0.05) is 18.0 Å². The molecule has 0 aliphatic carbocycles. The van der Waals surface area contributed by atoms with Crippen LogP contribution in [0.4, 0.5) is 0 Å². The highest BCUT2D eigenvalue weighted by molar-refractivity contribution is 5.95. The number of rotatable bonds is 2. The quantitative estimate of drug-likeness (QED) is 0.916. The van der Waals surface area contributed by atoms with Gasteiger partial charge in [-0.05, 0) is 17.5 Å². The molecule has 3 rings (SSSR count). The second-order valence-corrected chi connectivity index (χ2v) is 7.01. The van der Waals surface area contributed by atoms with Crippen molar-refractivity contribution < 1.29 is 19.2 Å². The lowest BCUT2D eigenvalue weighted by molar-refractivity contribution is -0.143. The van der Waals surface area contributed by atoms with Crippen LogP contribution in [0, 0.1) is 0 Å². The molecule has 1 atom stereocenters. The average Bonchev–Trinajstić information content (AvgIpc) is 3.03. The predicted octanol–water partition coefficient (Wildman–Crippen LogP) is 2.80. The van der Waals surface area contributed by atoms with Crippen molar-refractivity contribution in [3.05, 3.63) is 52.9 Å². The van der Waals surface area contributed by atoms with E-state index in [0.29, 0.717) is 24.3 Å². The van der Waals surface area contributed by atoms with E-state index in [4.69, 9.17) is 4.52 Å². The minimum absolute atomic E-state index is 0.144. The van der Waals surface area contributed by atoms with E-state index in [0.717, 1.165) is 5.56 Å². The van der Waals surface area contributed by atoms with Crippen molar-refractivity contribution in [1.29, 1.82) is 0 Å². The Hall–Kier alpha value is -2.63. The molecule has 1 unspecified atom stereocenters. The first-order chi connectivity index (χ1) is 11.3. The zero-order valence-corrected chi connectivity index (χ0v) is 13.9. The largest absolute Gasteiger partial charge is 0.479 e. The molecule has 0 spiro atoms. The molecule has 1 aliphatic heterocycles. The maximum absolute atomic E-state index is 12.8. The maximum Gasteiger partial charge on any atom is 0.331 e. The Morgan fingerprint density at radius 2 is 2.00 bits per heavy atom. The number of carboxylic acids is 1. The number of amides is 1. The van der Waals surface area contributed by atoms with Crippen molar-refractivity contribution in [1.82, 2.24) is 10.1 Å². The van der Waals surface area contributed by atoms with Crippen LogP contribution in [0.25, 0.3) is 0 Å². The van der Waals surface area contributed by atoms with E-state index in [1.807, 2.05) is 32.9 Å². The zero-order chi connectivity index (χ0) is 17.5. The van der Waals surface area contributed by atoms with E-state index >= 15 is 0 Å². The number of hydrogen-bond donors (Lipinski definition) is 1. The molecule has 1 N–H and O–H groups in total. The fraction of sp³-hybridized carbons (Fsp3) is 0.389. The average molecular weight is 328 g/mol. The minimum atomic E-state index is -1.05. The van der Waals surface area contributed by atoms with Gasteiger partial charge in [-0.2, -0.15) is 0 Å². The molecule has 1 aromatic carbocycles. The number of benzene rings is 1. The molecule has 1 aliphatic rings. The van der Waals surface area contributed by atoms with Gasteiger partial charge in [-0.25, -0.2) is 4.79 Å². The van der Waals surface area contributed by atoms with E-state index < -0.39 is 17.9 Å². The number of aromatic nitrogens is 1. The standard InChI is InChI=1S/C18H20N2O4/c1-18(2,3)14-10-13(19-24-14)16(21)20-9-8-11-6-4-5-7-12(11)15(20)17(22)23/h4-7,10,15H,8-9H2,1-3H3,(H,22,23). The molecule has 1 aromatic heterocycles. The van der Waals surface area contributed by atoms with Gasteiger partial charge in [0.05, 0.1) is 0 Å². The summed E-state index contributed by atoms with van der Waals surface area (Å²) in [6.07, 6.45) is 0.621. The second kappa shape index (κ2) is 5.78. The SMILES string of the molecule is CC(C)(C)c1cc(C(=O)N2CCc3ccccc3C2C(=O)O)no1. The first kappa shape index (κ1) is 16.2. The molecular formula is C18H20N2O4. The summed E-state index contributed by atoms with van der Waals surface area (Å²) in [6, 6.07) is 7.93. The molecule has 24 heavy (non-hydrogen) atoms. The highest BCUT2D eigenvalue weighted by atomic mass is 16.5. The van der Waals surface area contributed by atoms with Crippen LogP contribution in [0.5, 0.6) is 0 Å². The van der Waals surface area contributed by atoms with Crippen molar-refractivity contribution >= 4 is 11.9 Å². The van der Waals surface area contributed by atoms with Crippen LogP contribution >= 0.6 is 0 Å². The van der Waals surface area contributed by atoms with Crippen LogP contribution in [0.15, 0.2) is 34.9 Å². The van der Waals surface area contributed by atoms with Gasteiger partial charge in [0.25, 0.3) is 5.91 Å². The Morgan fingerprint density at radius 1 is 1.29 bits per heavy atom. The Morgan fingerprint density at radius 3 is 2.62 bits per heavy atom. The molecule has 0 saturated carbocycles. The molecule has 2 heterocycles. The van der Waals surface area contributed by atoms with Crippen LogP contribution in [0.2, 0.25) is 0 Å². The first-order valence-corrected chi connectivity index (χ1v) is 7.88. The van der Waals surface area contributed by atoms with Crippen molar-refractivity contribution in [3.63, 3.8) is 0 Å². The Kier molecular flexibility index (Phi) is 3.91. The summed E-state index contributed by atoms with van der Waals surface area (Å²) in [4.78, 5) is 26.0. The van der Waals surface area contributed by atoms with Crippen LogP contribution < -0.4 is 0 Å². The van der Waals surface area contributed by atoms with E-state index in [2.05, 4.69) is 5.16 Å². The van der Waals surface area contributed by atoms with Gasteiger partial charge in [0.2, 0.25) is 0 Å². The van der Waals surface area contributed by atoms with Crippen molar-refractivity contribution in [2.24, 2.45) is 0 Å². The molecular weight excluding hydrogens is 308 g/mol. The third kappa shape index (κ3) is 2.79. The molecule has 0 fully saturated rings. The van der Waals surface area contributed by atoms with Gasteiger partial charge in [-0.15, -0.1) is 0 Å². The minimum Gasteiger partial charge on any atom is -0.479 e. The lowest BCUT2D eigenvalue weighted by atomic mass is 9.91. The fourth-order valence-corrected chi connectivity index (χ4v) is 2.93. The van der Waals surface area contributed by atoms with Crippen molar-refractivity contribution in [3.8, 4) is 0 Å². The first-order valence-electron chi connectivity index (χ1n) is 7.88. The third-order valence-corrected chi connectivity index (χ3v) is 4.25. The molecule has 6 nitrogen and oxygen atoms in total. The summed E-state index contributed by atoms with van der Waals surface area (Å²) in [5, 5.41) is 13.5. The predicted molar refractivity (Wildman–Crippen MR) is 86.8 cm³/mol. The number of carbonyl (C=O) groups is 2. The molecule has 0 saturated heterocycles. The van der Waals surface area contributed by atoms with E-state index in [1.54, 1.807) is 18.2 Å². The fourth-order valence-electron chi connectivity index (χ4n) is 2.93. The number of carboxylic acid groups (broad SMARTS) is 1. The number of aliphatic carboxylic acids is 1. The molecule has 0 bridgehead atoms. The van der Waals surface area contributed by atoms with E-state index in [-0.39, 0.29) is 11.1 Å². The number of hydrogen-bond acceptors (Lipinski definition) is 4. The third-order valence-electron chi connectivity index (χ3n) is 4.25. The lowest BCUT2D eigenvalue weighted by Crippen LogP contribution is -2.43. The van der Waals surface area contributed by atoms with E-state index in [9.17, 15) is 14.7 Å². The van der Waals surface area contributed by atoms with Crippen LogP contribution in [-0.4, -0.2) is 33.6 Å². The molecule has 126 valence electrons. The summed E-state index contributed by atoms with van der Waals surface area (Å²) in [7, 11) is 0.